The summed E-state index contributed by atoms with van der Waals surface area (Å²) in [4.78, 5) is 2.63. The maximum atomic E-state index is 2.63. The van der Waals surface area contributed by atoms with E-state index >= 15 is 0 Å². The lowest BCUT2D eigenvalue weighted by atomic mass is 9.93. The number of anilines is 1. The van der Waals surface area contributed by atoms with E-state index in [0.29, 0.717) is 0 Å². The van der Waals surface area contributed by atoms with E-state index in [-0.39, 0.29) is 0 Å². The van der Waals surface area contributed by atoms with E-state index in [4.69, 9.17) is 0 Å². The van der Waals surface area contributed by atoms with Gasteiger partial charge in [-0.3, -0.25) is 0 Å². The third-order valence-electron chi connectivity index (χ3n) is 3.90. The highest BCUT2D eigenvalue weighted by atomic mass is 15.1. The van der Waals surface area contributed by atoms with Crippen LogP contribution in [0.2, 0.25) is 0 Å². The molecule has 15 heavy (non-hydrogen) atoms. The van der Waals surface area contributed by atoms with Crippen molar-refractivity contribution in [2.45, 2.75) is 39.0 Å². The summed E-state index contributed by atoms with van der Waals surface area (Å²) in [6.07, 6.45) is 6.67. The molecule has 0 bridgehead atoms. The molecule has 0 aliphatic carbocycles. The van der Waals surface area contributed by atoms with Crippen molar-refractivity contribution in [1.82, 2.24) is 0 Å². The van der Waals surface area contributed by atoms with E-state index in [0.717, 1.165) is 0 Å². The van der Waals surface area contributed by atoms with Crippen LogP contribution in [-0.4, -0.2) is 13.1 Å². The summed E-state index contributed by atoms with van der Waals surface area (Å²) in [7, 11) is 0. The minimum atomic E-state index is 1.28. The molecule has 1 aromatic rings. The van der Waals surface area contributed by atoms with Gasteiger partial charge in [-0.1, -0.05) is 12.1 Å². The van der Waals surface area contributed by atoms with Crippen molar-refractivity contribution in [3.63, 3.8) is 0 Å². The monoisotopic (exact) mass is 201 g/mol. The average molecular weight is 201 g/mol. The second-order valence-electron chi connectivity index (χ2n) is 4.92. The lowest BCUT2D eigenvalue weighted by Crippen LogP contribution is -2.30. The highest BCUT2D eigenvalue weighted by molar-refractivity contribution is 5.64. The smallest absolute Gasteiger partial charge is 0.0433 e. The van der Waals surface area contributed by atoms with Gasteiger partial charge < -0.3 is 4.90 Å². The summed E-state index contributed by atoms with van der Waals surface area (Å²) in [5.74, 6) is 0. The number of rotatable bonds is 0. The molecule has 0 saturated carbocycles. The Morgan fingerprint density at radius 3 is 2.80 bits per heavy atom. The molecule has 1 nitrogen and oxygen atoms in total. The first kappa shape index (κ1) is 9.26. The summed E-state index contributed by atoms with van der Waals surface area (Å²) in [5.41, 5.74) is 6.35. The number of hydrogen-bond donors (Lipinski definition) is 0. The zero-order chi connectivity index (χ0) is 10.3. The van der Waals surface area contributed by atoms with Gasteiger partial charge in [0.05, 0.1) is 0 Å². The predicted octanol–water partition coefficient (Wildman–Crippen LogP) is 3.08. The molecular formula is C14H19N. The summed E-state index contributed by atoms with van der Waals surface area (Å²) in [6.45, 7) is 4.83. The molecule has 0 unspecified atom stereocenters. The van der Waals surface area contributed by atoms with Crippen LogP contribution in [0.3, 0.4) is 0 Å². The van der Waals surface area contributed by atoms with Crippen LogP contribution < -0.4 is 4.90 Å². The van der Waals surface area contributed by atoms with E-state index in [9.17, 15) is 0 Å². The van der Waals surface area contributed by atoms with Gasteiger partial charge in [-0.25, -0.2) is 0 Å². The highest BCUT2D eigenvalue weighted by Gasteiger charge is 2.22. The zero-order valence-electron chi connectivity index (χ0n) is 9.55. The van der Waals surface area contributed by atoms with E-state index in [1.807, 2.05) is 0 Å². The highest BCUT2D eigenvalue weighted by Crippen LogP contribution is 2.35. The first-order chi connectivity index (χ1) is 7.36. The van der Waals surface area contributed by atoms with E-state index in [1.54, 1.807) is 16.8 Å². The van der Waals surface area contributed by atoms with Crippen LogP contribution in [0.4, 0.5) is 5.69 Å². The van der Waals surface area contributed by atoms with Gasteiger partial charge in [-0.15, -0.1) is 0 Å². The maximum absolute atomic E-state index is 2.63. The SMILES string of the molecule is Cc1ccc2c3c1CCCN3CCCC2. The Morgan fingerprint density at radius 2 is 1.87 bits per heavy atom. The summed E-state index contributed by atoms with van der Waals surface area (Å²) >= 11 is 0. The Morgan fingerprint density at radius 1 is 1.00 bits per heavy atom. The lowest BCUT2D eigenvalue weighted by molar-refractivity contribution is 0.666. The van der Waals surface area contributed by atoms with Crippen molar-refractivity contribution in [1.29, 1.82) is 0 Å². The Hall–Kier alpha value is -0.980. The molecule has 1 heteroatoms. The molecular weight excluding hydrogens is 182 g/mol. The molecule has 1 aromatic carbocycles. The quantitative estimate of drug-likeness (QED) is 0.623. The van der Waals surface area contributed by atoms with Crippen molar-refractivity contribution >= 4 is 5.69 Å². The van der Waals surface area contributed by atoms with E-state index in [1.165, 1.54) is 50.8 Å². The van der Waals surface area contributed by atoms with Crippen molar-refractivity contribution in [3.05, 3.63) is 28.8 Å². The third kappa shape index (κ3) is 1.45. The summed E-state index contributed by atoms with van der Waals surface area (Å²) in [5, 5.41) is 0. The van der Waals surface area contributed by atoms with Crippen LogP contribution in [0.5, 0.6) is 0 Å². The molecule has 3 rings (SSSR count). The molecule has 0 N–H and O–H groups in total. The molecule has 0 amide bonds. The summed E-state index contributed by atoms with van der Waals surface area (Å²) < 4.78 is 0. The fourth-order valence-electron chi connectivity index (χ4n) is 3.10. The van der Waals surface area contributed by atoms with Gasteiger partial charge in [0.25, 0.3) is 0 Å². The molecule has 0 radical (unpaired) electrons. The number of aryl methyl sites for hydroxylation is 2. The third-order valence-corrected chi connectivity index (χ3v) is 3.90. The molecule has 2 aliphatic heterocycles. The van der Waals surface area contributed by atoms with E-state index in [2.05, 4.69) is 24.0 Å². The van der Waals surface area contributed by atoms with Crippen LogP contribution in [0.15, 0.2) is 12.1 Å². The van der Waals surface area contributed by atoms with Crippen molar-refractivity contribution < 1.29 is 0 Å². The van der Waals surface area contributed by atoms with Gasteiger partial charge in [0.2, 0.25) is 0 Å². The minimum Gasteiger partial charge on any atom is -0.371 e. The van der Waals surface area contributed by atoms with Crippen molar-refractivity contribution in [2.24, 2.45) is 0 Å². The van der Waals surface area contributed by atoms with Crippen LogP contribution in [-0.2, 0) is 12.8 Å². The zero-order valence-corrected chi connectivity index (χ0v) is 9.55. The van der Waals surface area contributed by atoms with Crippen LogP contribution in [0, 0.1) is 6.92 Å². The number of nitrogens with zero attached hydrogens (tertiary/aromatic N) is 1. The predicted molar refractivity (Wildman–Crippen MR) is 64.7 cm³/mol. The molecule has 0 aromatic heterocycles. The van der Waals surface area contributed by atoms with Crippen LogP contribution in [0.25, 0.3) is 0 Å². The summed E-state index contributed by atoms with van der Waals surface area (Å²) in [6, 6.07) is 4.68. The second kappa shape index (κ2) is 3.55. The Balaban J connectivity index is 2.18. The Labute approximate surface area is 92.1 Å². The van der Waals surface area contributed by atoms with Gasteiger partial charge in [0, 0.05) is 18.8 Å². The molecule has 0 fully saturated rings. The molecule has 0 atom stereocenters. The lowest BCUT2D eigenvalue weighted by Gasteiger charge is -2.32. The fourth-order valence-corrected chi connectivity index (χ4v) is 3.10. The van der Waals surface area contributed by atoms with Gasteiger partial charge >= 0.3 is 0 Å². The minimum absolute atomic E-state index is 1.28. The Kier molecular flexibility index (Phi) is 2.19. The fraction of sp³-hybridized carbons (Fsp3) is 0.571. The topological polar surface area (TPSA) is 3.24 Å². The van der Waals surface area contributed by atoms with Crippen molar-refractivity contribution in [3.8, 4) is 0 Å². The van der Waals surface area contributed by atoms with E-state index < -0.39 is 0 Å². The first-order valence-corrected chi connectivity index (χ1v) is 6.22. The number of benzene rings is 1. The maximum Gasteiger partial charge on any atom is 0.0433 e. The van der Waals surface area contributed by atoms with Crippen LogP contribution in [0.1, 0.15) is 36.0 Å². The molecule has 2 heterocycles. The molecule has 0 saturated heterocycles. The van der Waals surface area contributed by atoms with Gasteiger partial charge in [0.1, 0.15) is 0 Å². The average Bonchev–Trinajstić information content (AvgIpc) is 2.47. The number of hydrogen-bond acceptors (Lipinski definition) is 1. The second-order valence-corrected chi connectivity index (χ2v) is 4.92. The molecule has 2 aliphatic rings. The standard InChI is InChI=1S/C14H19N/c1-11-7-8-12-5-2-3-9-15-10-4-6-13(11)14(12)15/h7-8H,2-6,9-10H2,1H3. The van der Waals surface area contributed by atoms with Gasteiger partial charge in [0.15, 0.2) is 0 Å². The van der Waals surface area contributed by atoms with Crippen molar-refractivity contribution in [2.75, 3.05) is 18.0 Å². The molecule has 80 valence electrons. The van der Waals surface area contributed by atoms with Gasteiger partial charge in [-0.05, 0) is 55.7 Å². The largest absolute Gasteiger partial charge is 0.371 e. The normalized spacial score (nSPS) is 19.7. The van der Waals surface area contributed by atoms with Crippen LogP contribution >= 0.6 is 0 Å². The van der Waals surface area contributed by atoms with Gasteiger partial charge in [-0.2, -0.15) is 0 Å². The first-order valence-electron chi connectivity index (χ1n) is 6.22. The Bertz CT molecular complexity index is 381. The molecule has 0 spiro atoms.